The average Bonchev–Trinajstić information content (AvgIpc) is 2.92. The lowest BCUT2D eigenvalue weighted by atomic mass is 10.2. The first-order valence-electron chi connectivity index (χ1n) is 4.97. The zero-order valence-corrected chi connectivity index (χ0v) is 9.13. The van der Waals surface area contributed by atoms with Crippen LogP contribution in [-0.2, 0) is 14.3 Å². The summed E-state index contributed by atoms with van der Waals surface area (Å²) in [5, 5.41) is 1.68. The first-order valence-corrected chi connectivity index (χ1v) is 4.97. The summed E-state index contributed by atoms with van der Waals surface area (Å²) in [6.45, 7) is 4.95. The predicted molar refractivity (Wildman–Crippen MR) is 51.9 cm³/mol. The zero-order valence-electron chi connectivity index (χ0n) is 9.13. The standard InChI is InChI=1S/C10H12F3NO3/c1-3-6-5-9(6,8(16)17-4-2)14-7(15)10(11,12)13/h3,6H,1,4-5H2,2H3,(H,14,15)/t6-,9-/m0/s1. The van der Waals surface area contributed by atoms with E-state index in [-0.39, 0.29) is 13.0 Å². The minimum absolute atomic E-state index is 0.0341. The van der Waals surface area contributed by atoms with Crippen molar-refractivity contribution in [1.29, 1.82) is 0 Å². The number of amides is 1. The minimum Gasteiger partial charge on any atom is -0.464 e. The molecule has 2 atom stereocenters. The molecule has 1 N–H and O–H groups in total. The van der Waals surface area contributed by atoms with Crippen LogP contribution in [0.2, 0.25) is 0 Å². The highest BCUT2D eigenvalue weighted by Gasteiger charge is 2.63. The van der Waals surface area contributed by atoms with E-state index in [2.05, 4.69) is 11.3 Å². The summed E-state index contributed by atoms with van der Waals surface area (Å²) in [5.41, 5.74) is -1.59. The summed E-state index contributed by atoms with van der Waals surface area (Å²) in [6.07, 6.45) is -3.61. The molecule has 0 radical (unpaired) electrons. The van der Waals surface area contributed by atoms with Crippen LogP contribution in [-0.4, -0.2) is 30.2 Å². The molecule has 0 aromatic rings. The van der Waals surface area contributed by atoms with Gasteiger partial charge in [0.2, 0.25) is 0 Å². The molecule has 17 heavy (non-hydrogen) atoms. The van der Waals surface area contributed by atoms with Crippen LogP contribution in [0.1, 0.15) is 13.3 Å². The zero-order chi connectivity index (χ0) is 13.3. The Kier molecular flexibility index (Phi) is 3.49. The van der Waals surface area contributed by atoms with E-state index in [1.54, 1.807) is 5.32 Å². The Hall–Kier alpha value is -1.53. The van der Waals surface area contributed by atoms with Crippen LogP contribution in [0.3, 0.4) is 0 Å². The van der Waals surface area contributed by atoms with Gasteiger partial charge in [0.1, 0.15) is 5.54 Å². The molecular formula is C10H12F3NO3. The van der Waals surface area contributed by atoms with Gasteiger partial charge in [-0.25, -0.2) is 4.79 Å². The van der Waals surface area contributed by atoms with E-state index in [4.69, 9.17) is 0 Å². The molecule has 0 spiro atoms. The Morgan fingerprint density at radius 2 is 2.18 bits per heavy atom. The second-order valence-electron chi connectivity index (χ2n) is 3.69. The smallest absolute Gasteiger partial charge is 0.464 e. The van der Waals surface area contributed by atoms with Crippen LogP contribution in [0.4, 0.5) is 13.2 Å². The topological polar surface area (TPSA) is 55.4 Å². The molecule has 0 unspecified atom stereocenters. The lowest BCUT2D eigenvalue weighted by molar-refractivity contribution is -0.176. The Morgan fingerprint density at radius 1 is 1.59 bits per heavy atom. The number of ether oxygens (including phenoxy) is 1. The quantitative estimate of drug-likeness (QED) is 0.602. The number of hydrogen-bond donors (Lipinski definition) is 1. The molecule has 0 saturated heterocycles. The Bertz CT molecular complexity index is 353. The molecule has 0 aromatic carbocycles. The van der Waals surface area contributed by atoms with Crippen LogP contribution in [0.5, 0.6) is 0 Å². The van der Waals surface area contributed by atoms with Crippen LogP contribution >= 0.6 is 0 Å². The lowest BCUT2D eigenvalue weighted by Gasteiger charge is -2.18. The molecule has 96 valence electrons. The fourth-order valence-corrected chi connectivity index (χ4v) is 1.54. The minimum atomic E-state index is -5.02. The normalized spacial score (nSPS) is 27.2. The predicted octanol–water partition coefficient (Wildman–Crippen LogP) is 1.17. The maximum absolute atomic E-state index is 12.1. The highest BCUT2D eigenvalue weighted by atomic mass is 19.4. The number of esters is 1. The van der Waals surface area contributed by atoms with Gasteiger partial charge in [-0.15, -0.1) is 6.58 Å². The maximum Gasteiger partial charge on any atom is 0.471 e. The van der Waals surface area contributed by atoms with Crippen molar-refractivity contribution >= 4 is 11.9 Å². The summed E-state index contributed by atoms with van der Waals surface area (Å²) in [7, 11) is 0. The average molecular weight is 251 g/mol. The van der Waals surface area contributed by atoms with Crippen LogP contribution in [0, 0.1) is 5.92 Å². The maximum atomic E-state index is 12.1. The third-order valence-electron chi connectivity index (χ3n) is 2.53. The molecule has 1 saturated carbocycles. The Balaban J connectivity index is 2.79. The second kappa shape index (κ2) is 4.38. The molecule has 1 aliphatic rings. The van der Waals surface area contributed by atoms with Gasteiger partial charge in [0.25, 0.3) is 0 Å². The molecule has 0 heterocycles. The first kappa shape index (κ1) is 13.5. The van der Waals surface area contributed by atoms with Crippen LogP contribution < -0.4 is 5.32 Å². The van der Waals surface area contributed by atoms with Crippen molar-refractivity contribution in [3.63, 3.8) is 0 Å². The summed E-state index contributed by atoms with van der Waals surface area (Å²) in [4.78, 5) is 22.3. The van der Waals surface area contributed by atoms with E-state index >= 15 is 0 Å². The van der Waals surface area contributed by atoms with Crippen molar-refractivity contribution < 1.29 is 27.5 Å². The molecule has 7 heteroatoms. The second-order valence-corrected chi connectivity index (χ2v) is 3.69. The van der Waals surface area contributed by atoms with Gasteiger partial charge in [0.15, 0.2) is 0 Å². The Morgan fingerprint density at radius 3 is 2.53 bits per heavy atom. The van der Waals surface area contributed by atoms with Crippen molar-refractivity contribution in [2.45, 2.75) is 25.1 Å². The highest BCUT2D eigenvalue weighted by molar-refractivity contribution is 5.93. The van der Waals surface area contributed by atoms with Crippen LogP contribution in [0.25, 0.3) is 0 Å². The molecule has 1 aliphatic carbocycles. The van der Waals surface area contributed by atoms with E-state index in [0.717, 1.165) is 0 Å². The SMILES string of the molecule is C=C[C@H]1C[C@@]1(NC(=O)C(F)(F)F)C(=O)OCC. The molecule has 0 aliphatic heterocycles. The van der Waals surface area contributed by atoms with Gasteiger partial charge in [-0.1, -0.05) is 6.08 Å². The van der Waals surface area contributed by atoms with Gasteiger partial charge >= 0.3 is 18.1 Å². The third-order valence-corrected chi connectivity index (χ3v) is 2.53. The van der Waals surface area contributed by atoms with Crippen molar-refractivity contribution in [3.8, 4) is 0 Å². The van der Waals surface area contributed by atoms with E-state index in [9.17, 15) is 22.8 Å². The molecule has 1 amide bonds. The molecular weight excluding hydrogens is 239 g/mol. The number of nitrogens with one attached hydrogen (secondary N) is 1. The van der Waals surface area contributed by atoms with Gasteiger partial charge in [0, 0.05) is 5.92 Å². The fraction of sp³-hybridized carbons (Fsp3) is 0.600. The monoisotopic (exact) mass is 251 g/mol. The summed E-state index contributed by atoms with van der Waals surface area (Å²) >= 11 is 0. The van der Waals surface area contributed by atoms with Crippen molar-refractivity contribution in [2.75, 3.05) is 6.61 Å². The molecule has 0 aromatic heterocycles. The van der Waals surface area contributed by atoms with Crippen LogP contribution in [0.15, 0.2) is 12.7 Å². The summed E-state index contributed by atoms with van der Waals surface area (Å²) in [6, 6.07) is 0. The number of hydrogen-bond acceptors (Lipinski definition) is 3. The van der Waals surface area contributed by atoms with Gasteiger partial charge in [-0.2, -0.15) is 13.2 Å². The third kappa shape index (κ3) is 2.59. The first-order chi connectivity index (χ1) is 7.78. The van der Waals surface area contributed by atoms with Gasteiger partial charge in [-0.05, 0) is 13.3 Å². The number of halogens is 3. The Labute approximate surface area is 95.8 Å². The number of carbonyl (C=O) groups is 2. The van der Waals surface area contributed by atoms with E-state index < -0.39 is 29.5 Å². The number of alkyl halides is 3. The van der Waals surface area contributed by atoms with E-state index in [0.29, 0.717) is 0 Å². The van der Waals surface area contributed by atoms with Gasteiger partial charge < -0.3 is 10.1 Å². The molecule has 1 fully saturated rings. The van der Waals surface area contributed by atoms with Gasteiger partial charge in [-0.3, -0.25) is 4.79 Å². The highest BCUT2D eigenvalue weighted by Crippen LogP contribution is 2.45. The summed E-state index contributed by atoms with van der Waals surface area (Å²) < 4.78 is 40.9. The lowest BCUT2D eigenvalue weighted by Crippen LogP contribution is -2.50. The molecule has 0 bridgehead atoms. The van der Waals surface area contributed by atoms with Crippen molar-refractivity contribution in [3.05, 3.63) is 12.7 Å². The number of rotatable bonds is 4. The van der Waals surface area contributed by atoms with E-state index in [1.807, 2.05) is 0 Å². The van der Waals surface area contributed by atoms with Crippen molar-refractivity contribution in [2.24, 2.45) is 5.92 Å². The fourth-order valence-electron chi connectivity index (χ4n) is 1.54. The molecule has 4 nitrogen and oxygen atoms in total. The van der Waals surface area contributed by atoms with Gasteiger partial charge in [0.05, 0.1) is 6.61 Å². The summed E-state index contributed by atoms with van der Waals surface area (Å²) in [5.74, 6) is -3.52. The largest absolute Gasteiger partial charge is 0.471 e. The van der Waals surface area contributed by atoms with E-state index in [1.165, 1.54) is 13.0 Å². The van der Waals surface area contributed by atoms with Crippen molar-refractivity contribution in [1.82, 2.24) is 5.32 Å². The molecule has 1 rings (SSSR count). The number of carbonyl (C=O) groups excluding carboxylic acids is 2.